The highest BCUT2D eigenvalue weighted by Gasteiger charge is 2.71. The molecule has 0 aromatic carbocycles. The van der Waals surface area contributed by atoms with Crippen molar-refractivity contribution in [2.45, 2.75) is 138 Å². The van der Waals surface area contributed by atoms with Crippen LogP contribution < -0.4 is 10.2 Å². The summed E-state index contributed by atoms with van der Waals surface area (Å²) in [6.07, 6.45) is 9.25. The van der Waals surface area contributed by atoms with Crippen LogP contribution in [0.4, 0.5) is 0 Å². The van der Waals surface area contributed by atoms with Crippen LogP contribution in [-0.4, -0.2) is 36.6 Å². The van der Waals surface area contributed by atoms with Gasteiger partial charge in [-0.25, -0.2) is 0 Å². The lowest BCUT2D eigenvalue weighted by Gasteiger charge is -2.73. The van der Waals surface area contributed by atoms with Crippen molar-refractivity contribution in [1.82, 2.24) is 0 Å². The van der Waals surface area contributed by atoms with E-state index >= 15 is 0 Å². The first-order valence-corrected chi connectivity index (χ1v) is 17.8. The Kier molecular flexibility index (Phi) is 9.31. The molecule has 8 nitrogen and oxygen atoms in total. The van der Waals surface area contributed by atoms with Gasteiger partial charge in [0.05, 0.1) is 19.4 Å². The number of ether oxygens (including phenoxy) is 2. The van der Waals surface area contributed by atoms with Crippen LogP contribution in [-0.2, 0) is 28.7 Å². The largest absolute Gasteiger partial charge is 0.550 e. The Morgan fingerprint density at radius 3 is 2.00 bits per heavy atom. The van der Waals surface area contributed by atoms with Crippen molar-refractivity contribution >= 4 is 23.9 Å². The number of carboxylic acid groups (broad SMARTS) is 2. The van der Waals surface area contributed by atoms with E-state index in [1.54, 1.807) is 0 Å². The Bertz CT molecular complexity index is 1250. The van der Waals surface area contributed by atoms with Crippen LogP contribution in [0.25, 0.3) is 0 Å². The van der Waals surface area contributed by atoms with Gasteiger partial charge in [-0.1, -0.05) is 46.8 Å². The third-order valence-electron chi connectivity index (χ3n) is 15.0. The van der Waals surface area contributed by atoms with Crippen molar-refractivity contribution in [3.05, 3.63) is 12.2 Å². The van der Waals surface area contributed by atoms with Crippen LogP contribution in [0.15, 0.2) is 12.2 Å². The second-order valence-electron chi connectivity index (χ2n) is 17.3. The summed E-state index contributed by atoms with van der Waals surface area (Å²) < 4.78 is 11.8. The van der Waals surface area contributed by atoms with E-state index in [1.165, 1.54) is 5.57 Å². The number of carbonyl (C=O) groups is 4. The van der Waals surface area contributed by atoms with Gasteiger partial charge in [-0.05, 0) is 130 Å². The molecular formula is C38H56O8-2. The molecule has 0 N–H and O–H groups in total. The third-order valence-corrected chi connectivity index (χ3v) is 15.0. The molecule has 0 unspecified atom stereocenters. The average molecular weight is 641 g/mol. The molecule has 5 aliphatic rings. The van der Waals surface area contributed by atoms with Crippen LogP contribution in [0.2, 0.25) is 0 Å². The summed E-state index contributed by atoms with van der Waals surface area (Å²) in [4.78, 5) is 47.0. The third kappa shape index (κ3) is 5.61. The maximum absolute atomic E-state index is 12.6. The summed E-state index contributed by atoms with van der Waals surface area (Å²) in [7, 11) is 0. The lowest BCUT2D eigenvalue weighted by Crippen LogP contribution is -2.67. The molecule has 0 saturated heterocycles. The highest BCUT2D eigenvalue weighted by molar-refractivity contribution is 5.76. The van der Waals surface area contributed by atoms with E-state index < -0.39 is 23.9 Å². The van der Waals surface area contributed by atoms with Crippen molar-refractivity contribution in [3.8, 4) is 0 Å². The first-order valence-electron chi connectivity index (χ1n) is 17.8. The molecule has 10 atom stereocenters. The monoisotopic (exact) mass is 640 g/mol. The van der Waals surface area contributed by atoms with Gasteiger partial charge in [0.25, 0.3) is 0 Å². The number of rotatable bonds is 10. The minimum atomic E-state index is -1.23. The number of fused-ring (bicyclic) bond motifs is 7. The summed E-state index contributed by atoms with van der Waals surface area (Å²) in [6.45, 7) is 19.1. The number of hydrogen-bond acceptors (Lipinski definition) is 8. The Balaban J connectivity index is 1.38. The van der Waals surface area contributed by atoms with E-state index in [4.69, 9.17) is 9.47 Å². The topological polar surface area (TPSA) is 133 Å². The average Bonchev–Trinajstić information content (AvgIpc) is 3.36. The number of esters is 2. The molecule has 0 bridgehead atoms. The van der Waals surface area contributed by atoms with Crippen molar-refractivity contribution in [2.75, 3.05) is 6.61 Å². The highest BCUT2D eigenvalue weighted by Crippen LogP contribution is 2.77. The summed E-state index contributed by atoms with van der Waals surface area (Å²) in [5.74, 6) is -1.17. The molecule has 8 heteroatoms. The summed E-state index contributed by atoms with van der Waals surface area (Å²) in [6, 6.07) is 0. The fraction of sp³-hybridized carbons (Fsp3) is 0.842. The minimum absolute atomic E-state index is 0.101. The maximum atomic E-state index is 12.6. The lowest BCUT2D eigenvalue weighted by molar-refractivity contribution is -0.307. The molecule has 46 heavy (non-hydrogen) atoms. The molecule has 0 radical (unpaired) electrons. The summed E-state index contributed by atoms with van der Waals surface area (Å²) >= 11 is 0. The van der Waals surface area contributed by atoms with E-state index in [-0.39, 0.29) is 58.9 Å². The van der Waals surface area contributed by atoms with Crippen LogP contribution in [0.1, 0.15) is 131 Å². The van der Waals surface area contributed by atoms with Gasteiger partial charge in [-0.15, -0.1) is 0 Å². The minimum Gasteiger partial charge on any atom is -0.550 e. The standard InChI is InChI=1S/C38H58O8/c1-23(2)24-14-19-38(22-45-31(43)12-10-29(39)40)21-20-36(6)25(33(24)38)8-9-27-35(5)17-16-28(46-32(44)13-11-30(41)42)34(3,4)26(35)15-18-37(27,36)7/h24-28,33H,1,8-22H2,2-7H3,(H,39,40)(H,41,42)/p-2/t24-,25-,26-,27+,28-,33-,35+,36+,37-,38+/m0/s1. The molecule has 5 saturated carbocycles. The molecule has 5 aliphatic carbocycles. The van der Waals surface area contributed by atoms with Gasteiger partial charge in [0.1, 0.15) is 6.10 Å². The molecule has 5 fully saturated rings. The van der Waals surface area contributed by atoms with Crippen molar-refractivity contribution < 1.29 is 38.9 Å². The molecule has 0 aromatic rings. The number of aliphatic carboxylic acids is 2. The fourth-order valence-corrected chi connectivity index (χ4v) is 12.6. The second kappa shape index (κ2) is 12.3. The van der Waals surface area contributed by atoms with Gasteiger partial charge in [-0.3, -0.25) is 9.59 Å². The Morgan fingerprint density at radius 2 is 1.37 bits per heavy atom. The van der Waals surface area contributed by atoms with Crippen LogP contribution in [0, 0.1) is 56.7 Å². The van der Waals surface area contributed by atoms with E-state index in [2.05, 4.69) is 48.1 Å². The molecule has 5 rings (SSSR count). The molecule has 0 heterocycles. The molecule has 258 valence electrons. The zero-order valence-electron chi connectivity index (χ0n) is 29.0. The first kappa shape index (κ1) is 34.9. The summed E-state index contributed by atoms with van der Waals surface area (Å²) in [5, 5.41) is 21.8. The highest BCUT2D eigenvalue weighted by atomic mass is 16.5. The molecule has 0 spiro atoms. The number of allylic oxidation sites excluding steroid dienone is 1. The number of carboxylic acids is 2. The van der Waals surface area contributed by atoms with Crippen molar-refractivity contribution in [2.24, 2.45) is 56.7 Å². The molecule has 0 aliphatic heterocycles. The normalized spacial score (nSPS) is 42.4. The number of hydrogen-bond donors (Lipinski definition) is 0. The Morgan fingerprint density at radius 1 is 0.717 bits per heavy atom. The van der Waals surface area contributed by atoms with Gasteiger partial charge in [-0.2, -0.15) is 0 Å². The second-order valence-corrected chi connectivity index (χ2v) is 17.3. The Labute approximate surface area is 275 Å². The van der Waals surface area contributed by atoms with Gasteiger partial charge in [0, 0.05) is 22.8 Å². The van der Waals surface area contributed by atoms with Crippen LogP contribution in [0.3, 0.4) is 0 Å². The zero-order valence-corrected chi connectivity index (χ0v) is 29.0. The first-order chi connectivity index (χ1) is 21.4. The van der Waals surface area contributed by atoms with Gasteiger partial charge in [0.2, 0.25) is 0 Å². The van der Waals surface area contributed by atoms with E-state index in [0.29, 0.717) is 36.2 Å². The van der Waals surface area contributed by atoms with Crippen LogP contribution >= 0.6 is 0 Å². The van der Waals surface area contributed by atoms with Gasteiger partial charge in [0.15, 0.2) is 0 Å². The fourth-order valence-electron chi connectivity index (χ4n) is 12.6. The Hall–Kier alpha value is -2.38. The zero-order chi connectivity index (χ0) is 33.9. The van der Waals surface area contributed by atoms with E-state index in [0.717, 1.165) is 64.2 Å². The van der Waals surface area contributed by atoms with E-state index in [9.17, 15) is 29.4 Å². The van der Waals surface area contributed by atoms with E-state index in [1.807, 2.05) is 0 Å². The molecule has 0 amide bonds. The molecular weight excluding hydrogens is 584 g/mol. The SMILES string of the molecule is C=C(C)[C@@H]1CC[C@]2(COC(=O)CCC(=O)[O-])CC[C@]3(C)[C@@H](CC[C@@H]4[C@]5(C)CC[C@H](OC(=O)CCC(=O)[O-])C(C)(C)[C@@H]5CC[C@@]43C)[C@H]12. The maximum Gasteiger partial charge on any atom is 0.306 e. The predicted molar refractivity (Wildman–Crippen MR) is 168 cm³/mol. The lowest BCUT2D eigenvalue weighted by atomic mass is 9.32. The van der Waals surface area contributed by atoms with Gasteiger partial charge >= 0.3 is 11.9 Å². The van der Waals surface area contributed by atoms with Gasteiger partial charge < -0.3 is 29.3 Å². The van der Waals surface area contributed by atoms with Crippen LogP contribution in [0.5, 0.6) is 0 Å². The summed E-state index contributed by atoms with van der Waals surface area (Å²) in [5.41, 5.74) is 1.25. The smallest absolute Gasteiger partial charge is 0.306 e. The quantitative estimate of drug-likeness (QED) is 0.236. The molecule has 0 aromatic heterocycles. The number of carbonyl (C=O) groups excluding carboxylic acids is 4. The van der Waals surface area contributed by atoms with Crippen molar-refractivity contribution in [1.29, 1.82) is 0 Å². The predicted octanol–water partition coefficient (Wildman–Crippen LogP) is 5.16. The van der Waals surface area contributed by atoms with Crippen molar-refractivity contribution in [3.63, 3.8) is 0 Å².